The third-order valence-electron chi connectivity index (χ3n) is 3.65. The van der Waals surface area contributed by atoms with E-state index in [1.807, 2.05) is 41.3 Å². The van der Waals surface area contributed by atoms with Crippen LogP contribution in [0.4, 0.5) is 5.69 Å². The molecule has 1 atom stereocenters. The van der Waals surface area contributed by atoms with Gasteiger partial charge in [-0.15, -0.1) is 0 Å². The number of anilines is 1. The Kier molecular flexibility index (Phi) is 5.10. The molecule has 0 radical (unpaired) electrons. The van der Waals surface area contributed by atoms with Crippen molar-refractivity contribution in [1.82, 2.24) is 4.90 Å². The number of likely N-dealkylation sites (tertiary alicyclic amines) is 1. The van der Waals surface area contributed by atoms with Crippen molar-refractivity contribution in [3.63, 3.8) is 0 Å². The molecule has 106 valence electrons. The third-order valence-corrected chi connectivity index (χ3v) is 3.65. The van der Waals surface area contributed by atoms with Crippen molar-refractivity contribution in [3.8, 4) is 6.07 Å². The second-order valence-electron chi connectivity index (χ2n) is 4.92. The van der Waals surface area contributed by atoms with E-state index in [9.17, 15) is 9.90 Å². The smallest absolute Gasteiger partial charge is 0.242 e. The van der Waals surface area contributed by atoms with Gasteiger partial charge in [-0.2, -0.15) is 5.26 Å². The third kappa shape index (κ3) is 3.35. The Morgan fingerprint density at radius 2 is 2.20 bits per heavy atom. The molecule has 0 bridgehead atoms. The van der Waals surface area contributed by atoms with Gasteiger partial charge in [-0.25, -0.2) is 0 Å². The number of aliphatic hydroxyl groups is 1. The van der Waals surface area contributed by atoms with Crippen LogP contribution in [0.1, 0.15) is 12.8 Å². The van der Waals surface area contributed by atoms with Crippen molar-refractivity contribution < 1.29 is 9.90 Å². The van der Waals surface area contributed by atoms with E-state index in [0.717, 1.165) is 25.1 Å². The van der Waals surface area contributed by atoms with Crippen molar-refractivity contribution in [2.24, 2.45) is 0 Å². The molecule has 0 aliphatic carbocycles. The Hall–Kier alpha value is -1.90. The Balaban J connectivity index is 2.06. The minimum Gasteiger partial charge on any atom is -0.395 e. The zero-order chi connectivity index (χ0) is 14.4. The summed E-state index contributed by atoms with van der Waals surface area (Å²) < 4.78 is 0. The average molecular weight is 273 g/mol. The number of carbonyl (C=O) groups excluding carboxylic acids is 1. The summed E-state index contributed by atoms with van der Waals surface area (Å²) in [5.74, 6) is -0.0990. The van der Waals surface area contributed by atoms with E-state index in [-0.39, 0.29) is 31.6 Å². The minimum atomic E-state index is -0.0990. The number of aliphatic hydroxyl groups excluding tert-OH is 1. The van der Waals surface area contributed by atoms with Crippen LogP contribution in [-0.4, -0.2) is 48.2 Å². The number of nitriles is 1. The van der Waals surface area contributed by atoms with Crippen LogP contribution in [0.3, 0.4) is 0 Å². The van der Waals surface area contributed by atoms with Crippen LogP contribution < -0.4 is 4.90 Å². The van der Waals surface area contributed by atoms with Crippen LogP contribution in [0.15, 0.2) is 30.3 Å². The van der Waals surface area contributed by atoms with E-state index < -0.39 is 0 Å². The fourth-order valence-electron chi connectivity index (χ4n) is 2.57. The van der Waals surface area contributed by atoms with E-state index in [0.29, 0.717) is 0 Å². The molecule has 1 aliphatic rings. The summed E-state index contributed by atoms with van der Waals surface area (Å²) in [5, 5.41) is 18.2. The number of carbonyl (C=O) groups is 1. The predicted molar refractivity (Wildman–Crippen MR) is 76.1 cm³/mol. The van der Waals surface area contributed by atoms with Gasteiger partial charge < -0.3 is 5.11 Å². The van der Waals surface area contributed by atoms with Crippen molar-refractivity contribution in [1.29, 1.82) is 5.26 Å². The monoisotopic (exact) mass is 273 g/mol. The van der Waals surface area contributed by atoms with Crippen molar-refractivity contribution in [2.45, 2.75) is 18.9 Å². The topological polar surface area (TPSA) is 67.6 Å². The van der Waals surface area contributed by atoms with Gasteiger partial charge in [0.25, 0.3) is 0 Å². The number of hydrogen-bond donors (Lipinski definition) is 1. The molecule has 1 aliphatic heterocycles. The first-order valence-corrected chi connectivity index (χ1v) is 6.83. The predicted octanol–water partition coefficient (Wildman–Crippen LogP) is 1.000. The van der Waals surface area contributed by atoms with Gasteiger partial charge in [0.15, 0.2) is 0 Å². The summed E-state index contributed by atoms with van der Waals surface area (Å²) in [6.07, 6.45) is 1.93. The van der Waals surface area contributed by atoms with Crippen LogP contribution in [0.5, 0.6) is 0 Å². The number of amides is 1. The molecule has 1 N–H and O–H groups in total. The van der Waals surface area contributed by atoms with E-state index in [1.165, 1.54) is 4.90 Å². The minimum absolute atomic E-state index is 0.0421. The van der Waals surface area contributed by atoms with Gasteiger partial charge in [0.05, 0.1) is 19.2 Å². The lowest BCUT2D eigenvalue weighted by Crippen LogP contribution is -2.43. The van der Waals surface area contributed by atoms with E-state index >= 15 is 0 Å². The maximum Gasteiger partial charge on any atom is 0.242 e. The van der Waals surface area contributed by atoms with Gasteiger partial charge in [-0.1, -0.05) is 18.2 Å². The molecule has 1 heterocycles. The first kappa shape index (κ1) is 14.5. The molecule has 0 aromatic heterocycles. The number of rotatable bonds is 5. The highest BCUT2D eigenvalue weighted by Crippen LogP contribution is 2.18. The van der Waals surface area contributed by atoms with E-state index in [2.05, 4.69) is 0 Å². The molecule has 1 unspecified atom stereocenters. The molecule has 1 amide bonds. The number of para-hydroxylation sites is 1. The molecule has 5 nitrogen and oxygen atoms in total. The van der Waals surface area contributed by atoms with E-state index in [4.69, 9.17) is 5.26 Å². The lowest BCUT2D eigenvalue weighted by atomic mass is 10.2. The molecule has 5 heteroatoms. The SMILES string of the molecule is N#CCN(C(=O)CN1CCCC1CO)c1ccccc1. The molecule has 20 heavy (non-hydrogen) atoms. The fraction of sp³-hybridized carbons (Fsp3) is 0.467. The Bertz CT molecular complexity index is 484. The average Bonchev–Trinajstić information content (AvgIpc) is 2.92. The lowest BCUT2D eigenvalue weighted by molar-refractivity contribution is -0.120. The molecule has 0 spiro atoms. The van der Waals surface area contributed by atoms with Gasteiger partial charge in [-0.05, 0) is 31.5 Å². The summed E-state index contributed by atoms with van der Waals surface area (Å²) in [5.41, 5.74) is 0.735. The molecule has 1 fully saturated rings. The first-order valence-electron chi connectivity index (χ1n) is 6.83. The molecular formula is C15H19N3O2. The molecule has 1 aromatic carbocycles. The van der Waals surface area contributed by atoms with Crippen molar-refractivity contribution in [2.75, 3.05) is 31.1 Å². The maximum absolute atomic E-state index is 12.4. The molecular weight excluding hydrogens is 254 g/mol. The summed E-state index contributed by atoms with van der Waals surface area (Å²) in [6.45, 7) is 1.20. The highest BCUT2D eigenvalue weighted by atomic mass is 16.3. The quantitative estimate of drug-likeness (QED) is 0.813. The van der Waals surface area contributed by atoms with E-state index in [1.54, 1.807) is 0 Å². The number of benzene rings is 1. The summed E-state index contributed by atoms with van der Waals surface area (Å²) in [4.78, 5) is 15.9. The van der Waals surface area contributed by atoms with Crippen LogP contribution in [-0.2, 0) is 4.79 Å². The largest absolute Gasteiger partial charge is 0.395 e. The Morgan fingerprint density at radius 1 is 1.45 bits per heavy atom. The highest BCUT2D eigenvalue weighted by molar-refractivity contribution is 5.95. The molecule has 1 saturated heterocycles. The molecule has 0 saturated carbocycles. The van der Waals surface area contributed by atoms with Gasteiger partial charge >= 0.3 is 0 Å². The van der Waals surface area contributed by atoms with Gasteiger partial charge in [0, 0.05) is 11.7 Å². The second-order valence-corrected chi connectivity index (χ2v) is 4.92. The molecule has 1 aromatic rings. The normalized spacial score (nSPS) is 18.7. The maximum atomic E-state index is 12.4. The lowest BCUT2D eigenvalue weighted by Gasteiger charge is -2.26. The highest BCUT2D eigenvalue weighted by Gasteiger charge is 2.27. The summed E-state index contributed by atoms with van der Waals surface area (Å²) in [7, 11) is 0. The molecule has 2 rings (SSSR count). The van der Waals surface area contributed by atoms with Gasteiger partial charge in [0.1, 0.15) is 6.54 Å². The number of hydrogen-bond acceptors (Lipinski definition) is 4. The number of nitrogens with zero attached hydrogens (tertiary/aromatic N) is 3. The summed E-state index contributed by atoms with van der Waals surface area (Å²) >= 11 is 0. The Labute approximate surface area is 119 Å². The van der Waals surface area contributed by atoms with Gasteiger partial charge in [-0.3, -0.25) is 14.6 Å². The van der Waals surface area contributed by atoms with Crippen LogP contribution in [0.25, 0.3) is 0 Å². The Morgan fingerprint density at radius 3 is 2.85 bits per heavy atom. The van der Waals surface area contributed by atoms with Crippen LogP contribution >= 0.6 is 0 Å². The zero-order valence-corrected chi connectivity index (χ0v) is 11.4. The first-order chi connectivity index (χ1) is 9.76. The van der Waals surface area contributed by atoms with Gasteiger partial charge in [0.2, 0.25) is 5.91 Å². The fourth-order valence-corrected chi connectivity index (χ4v) is 2.57. The van der Waals surface area contributed by atoms with Crippen LogP contribution in [0.2, 0.25) is 0 Å². The standard InChI is InChI=1S/C15H19N3O2/c16-8-10-18(13-5-2-1-3-6-13)15(20)11-17-9-4-7-14(17)12-19/h1-3,5-6,14,19H,4,7,9-12H2. The van der Waals surface area contributed by atoms with Crippen LogP contribution in [0, 0.1) is 11.3 Å². The van der Waals surface area contributed by atoms with Crippen molar-refractivity contribution in [3.05, 3.63) is 30.3 Å². The second kappa shape index (κ2) is 7.04. The van der Waals surface area contributed by atoms with Crippen molar-refractivity contribution >= 4 is 11.6 Å². The zero-order valence-electron chi connectivity index (χ0n) is 11.4. The summed E-state index contributed by atoms with van der Waals surface area (Å²) in [6, 6.07) is 11.3.